The molecular weight excluding hydrogens is 452 g/mol. The third-order valence-corrected chi connectivity index (χ3v) is 8.13. The van der Waals surface area contributed by atoms with Crippen LogP contribution in [0.25, 0.3) is 6.08 Å². The van der Waals surface area contributed by atoms with Crippen molar-refractivity contribution >= 4 is 46.1 Å². The second-order valence-corrected chi connectivity index (χ2v) is 10.6. The molecule has 3 rings (SSSR count). The van der Waals surface area contributed by atoms with Gasteiger partial charge in [0.1, 0.15) is 21.8 Å². The van der Waals surface area contributed by atoms with Gasteiger partial charge in [0.05, 0.1) is 4.91 Å². The number of carbonyl (C=O) groups excluding carboxylic acids is 1. The van der Waals surface area contributed by atoms with Crippen molar-refractivity contribution in [1.82, 2.24) is 9.47 Å². The van der Waals surface area contributed by atoms with Crippen LogP contribution in [-0.4, -0.2) is 39.3 Å². The second kappa shape index (κ2) is 11.3. The predicted octanol–water partition coefficient (Wildman–Crippen LogP) is 4.97. The van der Waals surface area contributed by atoms with Gasteiger partial charge in [-0.15, -0.1) is 0 Å². The molecule has 3 heterocycles. The molecule has 2 fully saturated rings. The minimum Gasteiger partial charge on any atom is -0.357 e. The van der Waals surface area contributed by atoms with E-state index in [1.807, 2.05) is 6.08 Å². The summed E-state index contributed by atoms with van der Waals surface area (Å²) in [6.07, 6.45) is 9.54. The van der Waals surface area contributed by atoms with Gasteiger partial charge in [0.15, 0.2) is 0 Å². The van der Waals surface area contributed by atoms with Crippen molar-refractivity contribution in [3.8, 4) is 6.07 Å². The number of carbonyl (C=O) groups is 1. The molecule has 178 valence electrons. The molecule has 6 nitrogen and oxygen atoms in total. The number of piperidine rings is 1. The predicted molar refractivity (Wildman–Crippen MR) is 140 cm³/mol. The first kappa shape index (κ1) is 25.5. The number of nitriles is 1. The molecule has 2 saturated heterocycles. The van der Waals surface area contributed by atoms with Crippen LogP contribution in [0.15, 0.2) is 9.70 Å². The monoisotopic (exact) mass is 486 g/mol. The van der Waals surface area contributed by atoms with E-state index >= 15 is 0 Å². The van der Waals surface area contributed by atoms with Gasteiger partial charge in [0.25, 0.3) is 11.5 Å². The lowest BCUT2D eigenvalue weighted by molar-refractivity contribution is -0.122. The highest BCUT2D eigenvalue weighted by molar-refractivity contribution is 8.26. The molecule has 0 N–H and O–H groups in total. The van der Waals surface area contributed by atoms with E-state index < -0.39 is 0 Å². The van der Waals surface area contributed by atoms with Crippen molar-refractivity contribution in [2.75, 3.05) is 24.5 Å². The van der Waals surface area contributed by atoms with E-state index in [-0.39, 0.29) is 17.0 Å². The summed E-state index contributed by atoms with van der Waals surface area (Å²) in [5.74, 6) is 1.15. The molecule has 8 heteroatoms. The molecule has 1 aromatic heterocycles. The van der Waals surface area contributed by atoms with Crippen LogP contribution < -0.4 is 10.5 Å². The minimum atomic E-state index is -0.290. The highest BCUT2D eigenvalue weighted by atomic mass is 32.2. The SMILES string of the molecule is CCCCC(CC)CN1C(=O)C(=Cc2c(C)c(C#N)c(=O)n(C)c2N2CCCCC2)SC1=S. The van der Waals surface area contributed by atoms with E-state index in [1.54, 1.807) is 23.4 Å². The standard InChI is InChI=1S/C25H34N4O2S2/c1-5-7-11-18(6-2)16-29-24(31)21(33-25(29)32)14-19-17(3)20(15-26)23(30)27(4)22(19)28-12-9-8-10-13-28/h14,18H,5-13,16H2,1-4H3. The molecule has 0 radical (unpaired) electrons. The number of amides is 1. The molecule has 0 aromatic carbocycles. The third-order valence-electron chi connectivity index (χ3n) is 6.76. The number of rotatable bonds is 8. The number of nitrogens with zero attached hydrogens (tertiary/aromatic N) is 4. The summed E-state index contributed by atoms with van der Waals surface area (Å²) in [5.41, 5.74) is 1.24. The van der Waals surface area contributed by atoms with E-state index in [0.717, 1.165) is 63.0 Å². The number of pyridine rings is 1. The smallest absolute Gasteiger partial charge is 0.270 e. The second-order valence-electron chi connectivity index (χ2n) is 8.97. The highest BCUT2D eigenvalue weighted by Gasteiger charge is 2.34. The van der Waals surface area contributed by atoms with Gasteiger partial charge in [0, 0.05) is 32.2 Å². The summed E-state index contributed by atoms with van der Waals surface area (Å²) in [6, 6.07) is 2.07. The minimum absolute atomic E-state index is 0.0729. The van der Waals surface area contributed by atoms with E-state index in [2.05, 4.69) is 24.8 Å². The topological polar surface area (TPSA) is 69.3 Å². The highest BCUT2D eigenvalue weighted by Crippen LogP contribution is 2.37. The lowest BCUT2D eigenvalue weighted by atomic mass is 9.99. The Hall–Kier alpha value is -2.11. The first-order chi connectivity index (χ1) is 15.8. The molecular formula is C25H34N4O2S2. The Labute approximate surface area is 206 Å². The Morgan fingerprint density at radius 3 is 2.52 bits per heavy atom. The van der Waals surface area contributed by atoms with Gasteiger partial charge < -0.3 is 4.90 Å². The maximum Gasteiger partial charge on any atom is 0.270 e. The molecule has 1 aromatic rings. The van der Waals surface area contributed by atoms with Crippen molar-refractivity contribution in [3.05, 3.63) is 31.9 Å². The zero-order valence-corrected chi connectivity index (χ0v) is 21.8. The van der Waals surface area contributed by atoms with Crippen LogP contribution in [0.2, 0.25) is 0 Å². The van der Waals surface area contributed by atoms with E-state index in [4.69, 9.17) is 12.2 Å². The van der Waals surface area contributed by atoms with Crippen LogP contribution in [0.1, 0.15) is 75.5 Å². The van der Waals surface area contributed by atoms with Gasteiger partial charge in [-0.2, -0.15) is 5.26 Å². The summed E-state index contributed by atoms with van der Waals surface area (Å²) >= 11 is 6.91. The van der Waals surface area contributed by atoms with Crippen molar-refractivity contribution in [2.45, 2.75) is 65.7 Å². The van der Waals surface area contributed by atoms with Crippen LogP contribution in [0, 0.1) is 24.2 Å². The molecule has 1 atom stereocenters. The van der Waals surface area contributed by atoms with Crippen LogP contribution in [0.3, 0.4) is 0 Å². The van der Waals surface area contributed by atoms with Gasteiger partial charge in [-0.05, 0) is 50.2 Å². The van der Waals surface area contributed by atoms with E-state index in [9.17, 15) is 14.9 Å². The lowest BCUT2D eigenvalue weighted by Gasteiger charge is -2.32. The zero-order valence-electron chi connectivity index (χ0n) is 20.1. The fourth-order valence-electron chi connectivity index (χ4n) is 4.66. The van der Waals surface area contributed by atoms with Gasteiger partial charge >= 0.3 is 0 Å². The van der Waals surface area contributed by atoms with Crippen molar-refractivity contribution in [2.24, 2.45) is 13.0 Å². The van der Waals surface area contributed by atoms with Gasteiger partial charge in [-0.1, -0.05) is 57.1 Å². The Bertz CT molecular complexity index is 1050. The van der Waals surface area contributed by atoms with Crippen molar-refractivity contribution < 1.29 is 4.79 Å². The van der Waals surface area contributed by atoms with Gasteiger partial charge in [0.2, 0.25) is 0 Å². The first-order valence-electron chi connectivity index (χ1n) is 12.0. The summed E-state index contributed by atoms with van der Waals surface area (Å²) in [4.78, 5) is 30.7. The van der Waals surface area contributed by atoms with Crippen LogP contribution in [0.4, 0.5) is 5.82 Å². The van der Waals surface area contributed by atoms with E-state index in [0.29, 0.717) is 27.3 Å². The van der Waals surface area contributed by atoms with Crippen molar-refractivity contribution in [3.63, 3.8) is 0 Å². The Morgan fingerprint density at radius 2 is 1.91 bits per heavy atom. The van der Waals surface area contributed by atoms with Crippen LogP contribution in [0.5, 0.6) is 0 Å². The van der Waals surface area contributed by atoms with E-state index in [1.165, 1.54) is 18.2 Å². The number of aromatic nitrogens is 1. The number of hydrogen-bond acceptors (Lipinski definition) is 6. The van der Waals surface area contributed by atoms with Gasteiger partial charge in [-0.3, -0.25) is 19.1 Å². The molecule has 0 saturated carbocycles. The fourth-order valence-corrected chi connectivity index (χ4v) is 5.92. The molecule has 2 aliphatic heterocycles. The first-order valence-corrected chi connectivity index (χ1v) is 13.2. The molecule has 0 bridgehead atoms. The Kier molecular flexibility index (Phi) is 8.77. The molecule has 0 spiro atoms. The molecule has 1 unspecified atom stereocenters. The molecule has 1 amide bonds. The van der Waals surface area contributed by atoms with Gasteiger partial charge in [-0.25, -0.2) is 0 Å². The number of thioether (sulfide) groups is 1. The molecule has 2 aliphatic rings. The summed E-state index contributed by atoms with van der Waals surface area (Å²) in [6.45, 7) is 8.51. The number of anilines is 1. The largest absolute Gasteiger partial charge is 0.357 e. The summed E-state index contributed by atoms with van der Waals surface area (Å²) < 4.78 is 2.16. The quantitative estimate of drug-likeness (QED) is 0.382. The summed E-state index contributed by atoms with van der Waals surface area (Å²) in [7, 11) is 1.72. The number of hydrogen-bond donors (Lipinski definition) is 0. The van der Waals surface area contributed by atoms with Crippen molar-refractivity contribution in [1.29, 1.82) is 5.26 Å². The third kappa shape index (κ3) is 5.36. The fraction of sp³-hybridized carbons (Fsp3) is 0.600. The number of thiocarbonyl (C=S) groups is 1. The average molecular weight is 487 g/mol. The zero-order chi connectivity index (χ0) is 24.1. The van der Waals surface area contributed by atoms with Crippen LogP contribution >= 0.6 is 24.0 Å². The lowest BCUT2D eigenvalue weighted by Crippen LogP contribution is -2.36. The Morgan fingerprint density at radius 1 is 1.21 bits per heavy atom. The molecule has 0 aliphatic carbocycles. The maximum absolute atomic E-state index is 13.4. The number of unbranched alkanes of at least 4 members (excludes halogenated alkanes) is 1. The average Bonchev–Trinajstić information content (AvgIpc) is 3.08. The van der Waals surface area contributed by atoms with Crippen LogP contribution in [-0.2, 0) is 11.8 Å². The molecule has 33 heavy (non-hydrogen) atoms. The normalized spacial score (nSPS) is 18.8. The Balaban J connectivity index is 2.02. The summed E-state index contributed by atoms with van der Waals surface area (Å²) in [5, 5.41) is 9.64. The maximum atomic E-state index is 13.4.